The Balaban J connectivity index is 4.94. The van der Waals surface area contributed by atoms with Crippen molar-refractivity contribution in [3.63, 3.8) is 0 Å². The molecule has 0 radical (unpaired) electrons. The highest BCUT2D eigenvalue weighted by atomic mass is 16.4. The van der Waals surface area contributed by atoms with Crippen LogP contribution < -0.4 is 0 Å². The van der Waals surface area contributed by atoms with Crippen LogP contribution in [0.2, 0.25) is 0 Å². The largest absolute Gasteiger partial charge is 0.478 e. The minimum Gasteiger partial charge on any atom is -0.478 e. The zero-order valence-electron chi connectivity index (χ0n) is 8.38. The summed E-state index contributed by atoms with van der Waals surface area (Å²) in [6, 6.07) is 0. The van der Waals surface area contributed by atoms with Crippen molar-refractivity contribution in [2.75, 3.05) is 14.1 Å². The molecule has 0 aliphatic carbocycles. The van der Waals surface area contributed by atoms with Gasteiger partial charge in [-0.25, -0.2) is 4.79 Å². The van der Waals surface area contributed by atoms with Gasteiger partial charge in [-0.2, -0.15) is 0 Å². The molecule has 0 saturated carbocycles. The first-order chi connectivity index (χ1) is 5.37. The molecule has 0 rings (SSSR count). The molecular weight excluding hydrogens is 154 g/mol. The van der Waals surface area contributed by atoms with Gasteiger partial charge in [-0.05, 0) is 12.8 Å². The van der Waals surface area contributed by atoms with Crippen LogP contribution in [-0.4, -0.2) is 30.1 Å². The molecule has 0 aromatic heterocycles. The number of rotatable bonds is 3. The molecule has 12 heavy (non-hydrogen) atoms. The quantitative estimate of drug-likeness (QED) is 0.655. The van der Waals surface area contributed by atoms with E-state index in [4.69, 9.17) is 5.11 Å². The van der Waals surface area contributed by atoms with Gasteiger partial charge in [0.1, 0.15) is 0 Å². The highest BCUT2D eigenvalue weighted by Gasteiger charge is 2.13. The second-order valence-electron chi connectivity index (χ2n) is 3.36. The molecule has 0 heterocycles. The first-order valence-corrected chi connectivity index (χ1v) is 3.99. The van der Waals surface area contributed by atoms with Gasteiger partial charge >= 0.3 is 5.97 Å². The Bertz CT molecular complexity index is 195. The van der Waals surface area contributed by atoms with E-state index in [9.17, 15) is 4.79 Å². The number of allylic oxidation sites excluding steroid dienone is 1. The van der Waals surface area contributed by atoms with Crippen molar-refractivity contribution in [1.29, 1.82) is 0 Å². The number of nitrogens with zero attached hydrogens (tertiary/aromatic N) is 1. The van der Waals surface area contributed by atoms with E-state index >= 15 is 0 Å². The first-order valence-electron chi connectivity index (χ1n) is 3.99. The molecule has 0 aromatic rings. The Hall–Kier alpha value is -0.990. The van der Waals surface area contributed by atoms with Crippen LogP contribution in [0.1, 0.15) is 20.8 Å². The van der Waals surface area contributed by atoms with Gasteiger partial charge in [-0.1, -0.05) is 13.8 Å². The summed E-state index contributed by atoms with van der Waals surface area (Å²) in [5, 5.41) is 8.77. The summed E-state index contributed by atoms with van der Waals surface area (Å²) in [4.78, 5) is 12.5. The molecule has 0 amide bonds. The van der Waals surface area contributed by atoms with E-state index < -0.39 is 5.97 Å². The predicted octanol–water partition coefficient (Wildman–Crippen LogP) is 1.56. The van der Waals surface area contributed by atoms with Gasteiger partial charge in [0.05, 0.1) is 5.57 Å². The smallest absolute Gasteiger partial charge is 0.333 e. The number of hydrogen-bond donors (Lipinski definition) is 1. The minimum absolute atomic E-state index is 0.246. The summed E-state index contributed by atoms with van der Waals surface area (Å²) in [6.45, 7) is 5.61. The molecule has 1 N–H and O–H groups in total. The summed E-state index contributed by atoms with van der Waals surface area (Å²) in [5.41, 5.74) is 1.30. The monoisotopic (exact) mass is 171 g/mol. The van der Waals surface area contributed by atoms with E-state index in [2.05, 4.69) is 0 Å². The van der Waals surface area contributed by atoms with Gasteiger partial charge in [0.15, 0.2) is 0 Å². The van der Waals surface area contributed by atoms with Gasteiger partial charge in [-0.15, -0.1) is 0 Å². The molecule has 3 heteroatoms. The molecule has 0 fully saturated rings. The van der Waals surface area contributed by atoms with Crippen molar-refractivity contribution >= 4 is 5.97 Å². The molecule has 3 nitrogen and oxygen atoms in total. The zero-order valence-corrected chi connectivity index (χ0v) is 8.38. The van der Waals surface area contributed by atoms with Gasteiger partial charge in [0, 0.05) is 19.8 Å². The first kappa shape index (κ1) is 11.0. The fraction of sp³-hybridized carbons (Fsp3) is 0.667. The fourth-order valence-electron chi connectivity index (χ4n) is 1.39. The van der Waals surface area contributed by atoms with Gasteiger partial charge in [0.25, 0.3) is 0 Å². The van der Waals surface area contributed by atoms with Crippen molar-refractivity contribution in [1.82, 2.24) is 4.90 Å². The lowest BCUT2D eigenvalue weighted by Gasteiger charge is -2.22. The van der Waals surface area contributed by atoms with Crippen LogP contribution in [0, 0.1) is 5.92 Å². The Morgan fingerprint density at radius 3 is 1.83 bits per heavy atom. The topological polar surface area (TPSA) is 40.5 Å². The van der Waals surface area contributed by atoms with E-state index in [1.165, 1.54) is 0 Å². The normalized spacial score (nSPS) is 12.8. The lowest BCUT2D eigenvalue weighted by molar-refractivity contribution is -0.132. The summed E-state index contributed by atoms with van der Waals surface area (Å²) >= 11 is 0. The molecule has 0 aliphatic rings. The molecule has 0 aromatic carbocycles. The molecule has 0 bridgehead atoms. The van der Waals surface area contributed by atoms with E-state index in [0.717, 1.165) is 5.70 Å². The van der Waals surface area contributed by atoms with E-state index in [1.807, 2.05) is 32.8 Å². The van der Waals surface area contributed by atoms with Crippen LogP contribution in [0.4, 0.5) is 0 Å². The maximum absolute atomic E-state index is 10.7. The fourth-order valence-corrected chi connectivity index (χ4v) is 1.39. The van der Waals surface area contributed by atoms with Crippen LogP contribution in [0.15, 0.2) is 11.3 Å². The van der Waals surface area contributed by atoms with Crippen LogP contribution in [0.3, 0.4) is 0 Å². The second kappa shape index (κ2) is 4.14. The third kappa shape index (κ3) is 2.57. The molecule has 0 atom stereocenters. The van der Waals surface area contributed by atoms with Crippen molar-refractivity contribution < 1.29 is 9.90 Å². The molecule has 0 aliphatic heterocycles. The maximum Gasteiger partial charge on any atom is 0.333 e. The predicted molar refractivity (Wildman–Crippen MR) is 48.9 cm³/mol. The highest BCUT2D eigenvalue weighted by Crippen LogP contribution is 2.16. The maximum atomic E-state index is 10.7. The SMILES string of the molecule is C/C(C(=O)O)=C(/C(C)C)N(C)C. The summed E-state index contributed by atoms with van der Waals surface area (Å²) in [6.07, 6.45) is 0. The summed E-state index contributed by atoms with van der Waals surface area (Å²) in [5.74, 6) is -0.594. The van der Waals surface area contributed by atoms with E-state index in [-0.39, 0.29) is 5.92 Å². The van der Waals surface area contributed by atoms with E-state index in [0.29, 0.717) is 5.57 Å². The Morgan fingerprint density at radius 1 is 1.33 bits per heavy atom. The Kier molecular flexibility index (Phi) is 3.80. The third-order valence-corrected chi connectivity index (χ3v) is 1.73. The summed E-state index contributed by atoms with van der Waals surface area (Å²) < 4.78 is 0. The van der Waals surface area contributed by atoms with E-state index in [1.54, 1.807) is 6.92 Å². The lowest BCUT2D eigenvalue weighted by Crippen LogP contribution is -2.20. The van der Waals surface area contributed by atoms with Crippen molar-refractivity contribution in [3.05, 3.63) is 11.3 Å². The van der Waals surface area contributed by atoms with Crippen molar-refractivity contribution in [3.8, 4) is 0 Å². The number of aliphatic carboxylic acids is 1. The van der Waals surface area contributed by atoms with Crippen LogP contribution in [-0.2, 0) is 4.79 Å². The molecule has 0 unspecified atom stereocenters. The summed E-state index contributed by atoms with van der Waals surface area (Å²) in [7, 11) is 3.73. The third-order valence-electron chi connectivity index (χ3n) is 1.73. The molecule has 70 valence electrons. The Morgan fingerprint density at radius 2 is 1.75 bits per heavy atom. The number of hydrogen-bond acceptors (Lipinski definition) is 2. The lowest BCUT2D eigenvalue weighted by atomic mass is 10.0. The van der Waals surface area contributed by atoms with Crippen LogP contribution in [0.25, 0.3) is 0 Å². The zero-order chi connectivity index (χ0) is 9.89. The molecular formula is C9H17NO2. The molecule has 0 saturated heterocycles. The minimum atomic E-state index is -0.840. The van der Waals surface area contributed by atoms with Crippen molar-refractivity contribution in [2.45, 2.75) is 20.8 Å². The Labute approximate surface area is 73.7 Å². The number of carboxylic acid groups (broad SMARTS) is 1. The van der Waals surface area contributed by atoms with Gasteiger partial charge in [0.2, 0.25) is 0 Å². The highest BCUT2D eigenvalue weighted by molar-refractivity contribution is 5.86. The second-order valence-corrected chi connectivity index (χ2v) is 3.36. The average molecular weight is 171 g/mol. The molecule has 0 spiro atoms. The average Bonchev–Trinajstić information content (AvgIpc) is 1.85. The van der Waals surface area contributed by atoms with Gasteiger partial charge < -0.3 is 10.0 Å². The van der Waals surface area contributed by atoms with Crippen LogP contribution >= 0.6 is 0 Å². The number of carboxylic acids is 1. The van der Waals surface area contributed by atoms with Crippen molar-refractivity contribution in [2.24, 2.45) is 5.92 Å². The van der Waals surface area contributed by atoms with Crippen LogP contribution in [0.5, 0.6) is 0 Å². The standard InChI is InChI=1S/C9H17NO2/c1-6(2)8(10(4)5)7(3)9(11)12/h6H,1-5H3,(H,11,12)/b8-7+. The number of carbonyl (C=O) groups is 1. The van der Waals surface area contributed by atoms with Gasteiger partial charge in [-0.3, -0.25) is 0 Å².